The van der Waals surface area contributed by atoms with Gasteiger partial charge in [0.05, 0.1) is 6.61 Å². The van der Waals surface area contributed by atoms with Crippen LogP contribution in [0.3, 0.4) is 0 Å². The normalized spacial score (nSPS) is 11.8. The molecule has 1 atom stereocenters. The van der Waals surface area contributed by atoms with Crippen molar-refractivity contribution in [2.75, 3.05) is 19.8 Å². The number of alkyl halides is 3. The second kappa shape index (κ2) is 12.1. The third-order valence-electron chi connectivity index (χ3n) is 3.62. The molecule has 0 heterocycles. The second-order valence-electron chi connectivity index (χ2n) is 5.86. The number of halogens is 4. The molecule has 1 unspecified atom stereocenters. The molecule has 30 heavy (non-hydrogen) atoms. The number of carbonyl (C=O) groups excluding carboxylic acids is 1. The van der Waals surface area contributed by atoms with Crippen molar-refractivity contribution in [3.8, 4) is 17.2 Å². The topological polar surface area (TPSA) is 80.0 Å². The molecule has 166 valence electrons. The average molecular weight is 450 g/mol. The maximum absolute atomic E-state index is 12.3. The summed E-state index contributed by atoms with van der Waals surface area (Å²) in [6.07, 6.45) is -5.55. The highest BCUT2D eigenvalue weighted by molar-refractivity contribution is 5.85. The summed E-state index contributed by atoms with van der Waals surface area (Å²) in [6, 6.07) is 11.8. The minimum atomic E-state index is -4.78. The summed E-state index contributed by atoms with van der Waals surface area (Å²) in [6.45, 7) is 2.63. The van der Waals surface area contributed by atoms with Crippen LogP contribution in [0.1, 0.15) is 12.5 Å². The van der Waals surface area contributed by atoms with Crippen molar-refractivity contribution in [2.24, 2.45) is 5.73 Å². The van der Waals surface area contributed by atoms with E-state index >= 15 is 0 Å². The van der Waals surface area contributed by atoms with E-state index in [4.69, 9.17) is 19.9 Å². The van der Waals surface area contributed by atoms with E-state index in [1.165, 1.54) is 12.1 Å². The predicted octanol–water partition coefficient (Wildman–Crippen LogP) is 3.90. The van der Waals surface area contributed by atoms with Crippen LogP contribution in [0.25, 0.3) is 0 Å². The number of hydrogen-bond acceptors (Lipinski definition) is 6. The summed E-state index contributed by atoms with van der Waals surface area (Å²) < 4.78 is 56.7. The quantitative estimate of drug-likeness (QED) is 0.554. The maximum Gasteiger partial charge on any atom is 0.573 e. The first kappa shape index (κ1) is 25.4. The van der Waals surface area contributed by atoms with Crippen LogP contribution in [0.5, 0.6) is 17.2 Å². The number of benzene rings is 2. The highest BCUT2D eigenvalue weighted by Gasteiger charge is 2.31. The Kier molecular flexibility index (Phi) is 10.3. The molecule has 2 aromatic carbocycles. The van der Waals surface area contributed by atoms with Gasteiger partial charge in [-0.15, -0.1) is 25.6 Å². The summed E-state index contributed by atoms with van der Waals surface area (Å²) >= 11 is 0. The zero-order valence-electron chi connectivity index (χ0n) is 16.2. The molecule has 0 spiro atoms. The van der Waals surface area contributed by atoms with Crippen molar-refractivity contribution < 1.29 is 36.9 Å². The standard InChI is InChI=1S/C20H22F3NO5.ClH/c1-2-26-19(25)18(13-14-3-5-15(6-4-14)27-12-11-24)28-16-7-9-17(10-8-16)29-20(21,22)23;/h3-10,18H,2,11-13,24H2,1H3;1H. The molecule has 2 N–H and O–H groups in total. The molecule has 10 heteroatoms. The zero-order valence-corrected chi connectivity index (χ0v) is 17.0. The van der Waals surface area contributed by atoms with Gasteiger partial charge in [-0.2, -0.15) is 0 Å². The minimum absolute atomic E-state index is 0. The van der Waals surface area contributed by atoms with E-state index in [2.05, 4.69) is 4.74 Å². The van der Waals surface area contributed by atoms with Gasteiger partial charge in [-0.1, -0.05) is 12.1 Å². The van der Waals surface area contributed by atoms with Crippen LogP contribution < -0.4 is 19.9 Å². The van der Waals surface area contributed by atoms with E-state index in [0.29, 0.717) is 18.9 Å². The van der Waals surface area contributed by atoms with Gasteiger partial charge < -0.3 is 24.7 Å². The average Bonchev–Trinajstić information content (AvgIpc) is 2.67. The van der Waals surface area contributed by atoms with Gasteiger partial charge in [0, 0.05) is 13.0 Å². The molecule has 0 aromatic heterocycles. The van der Waals surface area contributed by atoms with E-state index < -0.39 is 18.4 Å². The Hall–Kier alpha value is -2.65. The highest BCUT2D eigenvalue weighted by Crippen LogP contribution is 2.25. The van der Waals surface area contributed by atoms with Crippen LogP contribution in [0.2, 0.25) is 0 Å². The molecule has 0 amide bonds. The largest absolute Gasteiger partial charge is 0.573 e. The number of ether oxygens (including phenoxy) is 4. The highest BCUT2D eigenvalue weighted by atomic mass is 35.5. The molecule has 0 fully saturated rings. The van der Waals surface area contributed by atoms with E-state index in [-0.39, 0.29) is 36.9 Å². The lowest BCUT2D eigenvalue weighted by molar-refractivity contribution is -0.274. The van der Waals surface area contributed by atoms with Crippen LogP contribution in [-0.4, -0.2) is 38.2 Å². The fraction of sp³-hybridized carbons (Fsp3) is 0.350. The molecule has 0 bridgehead atoms. The predicted molar refractivity (Wildman–Crippen MR) is 106 cm³/mol. The van der Waals surface area contributed by atoms with E-state index in [9.17, 15) is 18.0 Å². The van der Waals surface area contributed by atoms with Gasteiger partial charge in [-0.25, -0.2) is 4.79 Å². The lowest BCUT2D eigenvalue weighted by Crippen LogP contribution is -2.31. The van der Waals surface area contributed by atoms with Crippen molar-refractivity contribution in [3.05, 3.63) is 54.1 Å². The van der Waals surface area contributed by atoms with Crippen molar-refractivity contribution in [1.82, 2.24) is 0 Å². The molecule has 2 aromatic rings. The van der Waals surface area contributed by atoms with Gasteiger partial charge >= 0.3 is 12.3 Å². The third-order valence-corrected chi connectivity index (χ3v) is 3.62. The van der Waals surface area contributed by atoms with Gasteiger partial charge in [0.2, 0.25) is 0 Å². The molecule has 6 nitrogen and oxygen atoms in total. The summed E-state index contributed by atoms with van der Waals surface area (Å²) in [4.78, 5) is 12.3. The lowest BCUT2D eigenvalue weighted by Gasteiger charge is -2.18. The first-order valence-corrected chi connectivity index (χ1v) is 8.91. The van der Waals surface area contributed by atoms with Gasteiger partial charge in [0.1, 0.15) is 23.9 Å². The molecule has 0 saturated heterocycles. The Labute approximate surface area is 178 Å². The van der Waals surface area contributed by atoms with Crippen LogP contribution in [0.15, 0.2) is 48.5 Å². The monoisotopic (exact) mass is 449 g/mol. The Morgan fingerprint density at radius 3 is 2.10 bits per heavy atom. The van der Waals surface area contributed by atoms with Crippen LogP contribution in [-0.2, 0) is 16.0 Å². The van der Waals surface area contributed by atoms with Crippen LogP contribution in [0.4, 0.5) is 13.2 Å². The van der Waals surface area contributed by atoms with Gasteiger partial charge in [0.25, 0.3) is 0 Å². The Balaban J connectivity index is 0.00000450. The molecule has 0 saturated carbocycles. The Bertz CT molecular complexity index is 770. The molecule has 2 rings (SSSR count). The van der Waals surface area contributed by atoms with Gasteiger partial charge in [0.15, 0.2) is 6.10 Å². The summed E-state index contributed by atoms with van der Waals surface area (Å²) in [5.74, 6) is -0.106. The van der Waals surface area contributed by atoms with E-state index in [1.807, 2.05) is 0 Å². The maximum atomic E-state index is 12.3. The Morgan fingerprint density at radius 1 is 1.00 bits per heavy atom. The van der Waals surface area contributed by atoms with Crippen LogP contribution >= 0.6 is 12.4 Å². The van der Waals surface area contributed by atoms with Crippen molar-refractivity contribution >= 4 is 18.4 Å². The molecule has 0 aliphatic rings. The second-order valence-corrected chi connectivity index (χ2v) is 5.86. The fourth-order valence-electron chi connectivity index (χ4n) is 2.41. The van der Waals surface area contributed by atoms with Gasteiger partial charge in [-0.05, 0) is 48.9 Å². The Morgan fingerprint density at radius 2 is 1.57 bits per heavy atom. The molecule has 0 radical (unpaired) electrons. The number of hydrogen-bond donors (Lipinski definition) is 1. The van der Waals surface area contributed by atoms with E-state index in [1.54, 1.807) is 31.2 Å². The minimum Gasteiger partial charge on any atom is -0.492 e. The number of nitrogens with two attached hydrogens (primary N) is 1. The molecule has 0 aliphatic carbocycles. The molecule has 0 aliphatic heterocycles. The molecular formula is C20H23ClF3NO5. The number of esters is 1. The van der Waals surface area contributed by atoms with Crippen molar-refractivity contribution in [3.63, 3.8) is 0 Å². The lowest BCUT2D eigenvalue weighted by atomic mass is 10.1. The third kappa shape index (κ3) is 8.79. The zero-order chi connectivity index (χ0) is 21.3. The van der Waals surface area contributed by atoms with Crippen molar-refractivity contribution in [1.29, 1.82) is 0 Å². The summed E-state index contributed by atoms with van der Waals surface area (Å²) in [5.41, 5.74) is 6.18. The fourth-order valence-corrected chi connectivity index (χ4v) is 2.41. The van der Waals surface area contributed by atoms with Crippen molar-refractivity contribution in [2.45, 2.75) is 25.8 Å². The van der Waals surface area contributed by atoms with Gasteiger partial charge in [-0.3, -0.25) is 0 Å². The van der Waals surface area contributed by atoms with Crippen LogP contribution in [0, 0.1) is 0 Å². The first-order chi connectivity index (χ1) is 13.8. The first-order valence-electron chi connectivity index (χ1n) is 8.91. The SMILES string of the molecule is CCOC(=O)C(Cc1ccc(OCCN)cc1)Oc1ccc(OC(F)(F)F)cc1.Cl. The smallest absolute Gasteiger partial charge is 0.492 e. The molecular weight excluding hydrogens is 427 g/mol. The number of carbonyl (C=O) groups is 1. The number of rotatable bonds is 10. The van der Waals surface area contributed by atoms with E-state index in [0.717, 1.165) is 17.7 Å². The summed E-state index contributed by atoms with van der Waals surface area (Å²) in [7, 11) is 0. The summed E-state index contributed by atoms with van der Waals surface area (Å²) in [5, 5.41) is 0.